The molecular weight excluding hydrogens is 354 g/mol. The molecule has 1 aromatic carbocycles. The van der Waals surface area contributed by atoms with Gasteiger partial charge in [0.25, 0.3) is 0 Å². The van der Waals surface area contributed by atoms with Gasteiger partial charge in [-0.05, 0) is 56.5 Å². The molecule has 0 bridgehead atoms. The Bertz CT molecular complexity index is 672. The van der Waals surface area contributed by atoms with Gasteiger partial charge in [-0.15, -0.1) is 0 Å². The second-order valence-electron chi connectivity index (χ2n) is 8.45. The van der Waals surface area contributed by atoms with Crippen LogP contribution in [0.15, 0.2) is 24.3 Å². The molecule has 0 saturated carbocycles. The minimum atomic E-state index is -0.124. The van der Waals surface area contributed by atoms with Gasteiger partial charge in [-0.2, -0.15) is 0 Å². The Kier molecular flexibility index (Phi) is 5.78. The van der Waals surface area contributed by atoms with Crippen molar-refractivity contribution in [2.75, 3.05) is 65.0 Å². The predicted molar refractivity (Wildman–Crippen MR) is 110 cm³/mol. The van der Waals surface area contributed by atoms with Crippen molar-refractivity contribution in [3.63, 3.8) is 0 Å². The van der Waals surface area contributed by atoms with Gasteiger partial charge < -0.3 is 19.3 Å². The standard InChI is InChI=1S/C22H33N3O3/c1-27-16-15-24-13-9-22(21(24)26)10-14-25(17-22)19-7-11-23(12-8-19)18-3-5-20(28-2)6-4-18/h3-6,19H,7-17H2,1-2H3. The average molecular weight is 388 g/mol. The molecule has 0 aromatic heterocycles. The van der Waals surface area contributed by atoms with Gasteiger partial charge in [-0.25, -0.2) is 0 Å². The molecule has 0 radical (unpaired) electrons. The number of piperidine rings is 1. The number of carbonyl (C=O) groups excluding carboxylic acids is 1. The summed E-state index contributed by atoms with van der Waals surface area (Å²) in [6.45, 7) is 6.43. The maximum absolute atomic E-state index is 13.0. The van der Waals surface area contributed by atoms with E-state index in [2.05, 4.69) is 21.9 Å². The summed E-state index contributed by atoms with van der Waals surface area (Å²) in [5.74, 6) is 1.27. The van der Waals surface area contributed by atoms with Crippen LogP contribution in [0.25, 0.3) is 0 Å². The summed E-state index contributed by atoms with van der Waals surface area (Å²) in [5.41, 5.74) is 1.15. The fraction of sp³-hybridized carbons (Fsp3) is 0.682. The second kappa shape index (κ2) is 8.29. The second-order valence-corrected chi connectivity index (χ2v) is 8.45. The van der Waals surface area contributed by atoms with Crippen molar-refractivity contribution in [2.24, 2.45) is 5.41 Å². The van der Waals surface area contributed by atoms with Gasteiger partial charge >= 0.3 is 0 Å². The summed E-state index contributed by atoms with van der Waals surface area (Å²) in [6.07, 6.45) is 4.37. The third kappa shape index (κ3) is 3.72. The maximum atomic E-state index is 13.0. The van der Waals surface area contributed by atoms with Crippen LogP contribution >= 0.6 is 0 Å². The lowest BCUT2D eigenvalue weighted by atomic mass is 9.85. The van der Waals surface area contributed by atoms with E-state index in [1.807, 2.05) is 17.0 Å². The minimum absolute atomic E-state index is 0.124. The molecule has 3 heterocycles. The molecule has 1 aromatic rings. The Balaban J connectivity index is 1.30. The molecule has 3 aliphatic rings. The Hall–Kier alpha value is -1.79. The van der Waals surface area contributed by atoms with Crippen LogP contribution < -0.4 is 9.64 Å². The number of likely N-dealkylation sites (tertiary alicyclic amines) is 2. The fourth-order valence-electron chi connectivity index (χ4n) is 5.18. The summed E-state index contributed by atoms with van der Waals surface area (Å²) in [6, 6.07) is 8.97. The zero-order chi connectivity index (χ0) is 19.6. The van der Waals surface area contributed by atoms with Gasteiger partial charge in [0.1, 0.15) is 5.75 Å². The molecule has 3 aliphatic heterocycles. The van der Waals surface area contributed by atoms with Crippen LogP contribution in [0.3, 0.4) is 0 Å². The van der Waals surface area contributed by atoms with E-state index >= 15 is 0 Å². The number of ether oxygens (including phenoxy) is 2. The van der Waals surface area contributed by atoms with E-state index in [1.54, 1.807) is 14.2 Å². The Labute approximate surface area is 168 Å². The van der Waals surface area contributed by atoms with Crippen LogP contribution in [-0.4, -0.2) is 81.8 Å². The smallest absolute Gasteiger partial charge is 0.230 e. The van der Waals surface area contributed by atoms with E-state index < -0.39 is 0 Å². The van der Waals surface area contributed by atoms with Gasteiger partial charge in [0, 0.05) is 51.6 Å². The number of nitrogens with zero attached hydrogens (tertiary/aromatic N) is 3. The zero-order valence-electron chi connectivity index (χ0n) is 17.2. The highest BCUT2D eigenvalue weighted by atomic mass is 16.5. The monoisotopic (exact) mass is 387 g/mol. The fourth-order valence-corrected chi connectivity index (χ4v) is 5.18. The molecule has 6 nitrogen and oxygen atoms in total. The molecule has 3 fully saturated rings. The number of rotatable bonds is 6. The number of methoxy groups -OCH3 is 2. The lowest BCUT2D eigenvalue weighted by Gasteiger charge is -2.38. The van der Waals surface area contributed by atoms with Crippen LogP contribution in [-0.2, 0) is 9.53 Å². The summed E-state index contributed by atoms with van der Waals surface area (Å²) in [5, 5.41) is 0. The van der Waals surface area contributed by atoms with E-state index in [4.69, 9.17) is 9.47 Å². The summed E-state index contributed by atoms with van der Waals surface area (Å²) < 4.78 is 10.4. The van der Waals surface area contributed by atoms with Gasteiger partial charge in [0.2, 0.25) is 5.91 Å². The predicted octanol–water partition coefficient (Wildman–Crippen LogP) is 2.23. The van der Waals surface area contributed by atoms with E-state index in [1.165, 1.54) is 18.5 Å². The Morgan fingerprint density at radius 3 is 2.43 bits per heavy atom. The SMILES string of the molecule is COCCN1CCC2(CCN(C3CCN(c4ccc(OC)cc4)CC3)C2)C1=O. The van der Waals surface area contributed by atoms with Crippen molar-refractivity contribution >= 4 is 11.6 Å². The van der Waals surface area contributed by atoms with E-state index in [0.29, 0.717) is 18.6 Å². The first-order valence-electron chi connectivity index (χ1n) is 10.6. The van der Waals surface area contributed by atoms with Gasteiger partial charge in [-0.1, -0.05) is 0 Å². The lowest BCUT2D eigenvalue weighted by molar-refractivity contribution is -0.136. The highest BCUT2D eigenvalue weighted by Crippen LogP contribution is 2.42. The molecule has 1 atom stereocenters. The first kappa shape index (κ1) is 19.5. The molecule has 1 unspecified atom stereocenters. The maximum Gasteiger partial charge on any atom is 0.230 e. The number of hydrogen-bond donors (Lipinski definition) is 0. The summed E-state index contributed by atoms with van der Waals surface area (Å²) in [7, 11) is 3.40. The zero-order valence-corrected chi connectivity index (χ0v) is 17.2. The molecule has 4 rings (SSSR count). The van der Waals surface area contributed by atoms with Crippen LogP contribution in [0.4, 0.5) is 5.69 Å². The molecular formula is C22H33N3O3. The van der Waals surface area contributed by atoms with Crippen molar-refractivity contribution in [1.82, 2.24) is 9.80 Å². The van der Waals surface area contributed by atoms with Gasteiger partial charge in [0.15, 0.2) is 0 Å². The Morgan fingerprint density at radius 2 is 1.75 bits per heavy atom. The molecule has 1 amide bonds. The molecule has 28 heavy (non-hydrogen) atoms. The highest BCUT2D eigenvalue weighted by molar-refractivity contribution is 5.85. The van der Waals surface area contributed by atoms with Crippen molar-refractivity contribution < 1.29 is 14.3 Å². The van der Waals surface area contributed by atoms with Crippen molar-refractivity contribution in [3.05, 3.63) is 24.3 Å². The summed E-state index contributed by atoms with van der Waals surface area (Å²) >= 11 is 0. The van der Waals surface area contributed by atoms with Crippen LogP contribution in [0.2, 0.25) is 0 Å². The number of anilines is 1. The minimum Gasteiger partial charge on any atom is -0.497 e. The Morgan fingerprint density at radius 1 is 1.04 bits per heavy atom. The molecule has 3 saturated heterocycles. The summed E-state index contributed by atoms with van der Waals surface area (Å²) in [4.78, 5) is 20.1. The van der Waals surface area contributed by atoms with Gasteiger partial charge in [0.05, 0.1) is 19.1 Å². The largest absolute Gasteiger partial charge is 0.497 e. The van der Waals surface area contributed by atoms with Crippen LogP contribution in [0, 0.1) is 5.41 Å². The first-order chi connectivity index (χ1) is 13.6. The van der Waals surface area contributed by atoms with Crippen LogP contribution in [0.5, 0.6) is 5.75 Å². The number of carbonyl (C=O) groups is 1. The normalized spacial score (nSPS) is 26.6. The van der Waals surface area contributed by atoms with E-state index in [0.717, 1.165) is 57.9 Å². The van der Waals surface area contributed by atoms with Crippen molar-refractivity contribution in [2.45, 2.75) is 31.7 Å². The van der Waals surface area contributed by atoms with E-state index in [9.17, 15) is 4.79 Å². The molecule has 0 N–H and O–H groups in total. The topological polar surface area (TPSA) is 45.2 Å². The molecule has 1 spiro atoms. The number of benzene rings is 1. The third-order valence-corrected chi connectivity index (χ3v) is 6.97. The van der Waals surface area contributed by atoms with E-state index in [-0.39, 0.29) is 5.41 Å². The van der Waals surface area contributed by atoms with Crippen molar-refractivity contribution in [1.29, 1.82) is 0 Å². The number of amides is 1. The van der Waals surface area contributed by atoms with Crippen molar-refractivity contribution in [3.8, 4) is 5.75 Å². The molecule has 6 heteroatoms. The average Bonchev–Trinajstić information content (AvgIpc) is 3.32. The lowest BCUT2D eigenvalue weighted by Crippen LogP contribution is -2.45. The molecule has 154 valence electrons. The first-order valence-corrected chi connectivity index (χ1v) is 10.6. The highest BCUT2D eigenvalue weighted by Gasteiger charge is 2.51. The third-order valence-electron chi connectivity index (χ3n) is 6.97. The van der Waals surface area contributed by atoms with Gasteiger partial charge in [-0.3, -0.25) is 9.69 Å². The quantitative estimate of drug-likeness (QED) is 0.749. The van der Waals surface area contributed by atoms with Crippen LogP contribution in [0.1, 0.15) is 25.7 Å². The number of hydrogen-bond acceptors (Lipinski definition) is 5. The molecule has 0 aliphatic carbocycles.